The molecule has 3 saturated heterocycles. The van der Waals surface area contributed by atoms with Crippen molar-refractivity contribution in [3.63, 3.8) is 0 Å². The summed E-state index contributed by atoms with van der Waals surface area (Å²) in [5.41, 5.74) is 6.09. The molecular weight excluding hydrogens is 601 g/mol. The van der Waals surface area contributed by atoms with Gasteiger partial charge in [-0.05, 0) is 25.5 Å². The fourth-order valence-electron chi connectivity index (χ4n) is 4.97. The van der Waals surface area contributed by atoms with Gasteiger partial charge in [0, 0.05) is 10.9 Å². The standard InChI is InChI=1S/C23H25BrN5O9P/c1-3-32-19-16-18(27-21(25)28-19)29(11-26-16)20-23(2)17(36-22(30)37-23)15(35-20)10-34-39(31)33-9-8-14(38-39)12-6-4-5-7-13(12)24/h4-7,11,14-15,17,20H,3,8-10H2,1-2H3,(H2,25,27,28)/t14-,15+,17+,20+,23+,39+/m0/s1. The van der Waals surface area contributed by atoms with Crippen molar-refractivity contribution in [3.8, 4) is 5.88 Å². The number of hydrogen-bond donors (Lipinski definition) is 1. The summed E-state index contributed by atoms with van der Waals surface area (Å²) < 4.78 is 55.5. The van der Waals surface area contributed by atoms with Crippen LogP contribution in [0.25, 0.3) is 11.2 Å². The number of nitrogen functional groups attached to an aromatic ring is 1. The Balaban J connectivity index is 1.25. The minimum atomic E-state index is -3.98. The Bertz CT molecular complexity index is 1470. The zero-order valence-electron chi connectivity index (χ0n) is 20.9. The largest absolute Gasteiger partial charge is 0.509 e. The van der Waals surface area contributed by atoms with Gasteiger partial charge in [-0.2, -0.15) is 9.97 Å². The third kappa shape index (κ3) is 4.66. The molecule has 2 N–H and O–H groups in total. The van der Waals surface area contributed by atoms with Gasteiger partial charge >= 0.3 is 14.0 Å². The molecule has 3 aliphatic heterocycles. The van der Waals surface area contributed by atoms with Crippen LogP contribution >= 0.6 is 23.8 Å². The maximum absolute atomic E-state index is 13.4. The molecular formula is C23H25BrN5O9P. The van der Waals surface area contributed by atoms with Crippen molar-refractivity contribution in [1.29, 1.82) is 0 Å². The quantitative estimate of drug-likeness (QED) is 0.295. The number of benzene rings is 1. The maximum Gasteiger partial charge on any atom is 0.509 e. The third-order valence-electron chi connectivity index (χ3n) is 6.70. The number of phosphoric acid groups is 1. The summed E-state index contributed by atoms with van der Waals surface area (Å²) in [6.45, 7) is 3.70. The summed E-state index contributed by atoms with van der Waals surface area (Å²) in [7, 11) is -3.98. The van der Waals surface area contributed by atoms with Crippen molar-refractivity contribution in [2.75, 3.05) is 25.6 Å². The first-order valence-electron chi connectivity index (χ1n) is 12.2. The normalized spacial score (nSPS) is 32.1. The van der Waals surface area contributed by atoms with Gasteiger partial charge in [-0.15, -0.1) is 0 Å². The Labute approximate surface area is 230 Å². The predicted molar refractivity (Wildman–Crippen MR) is 137 cm³/mol. The summed E-state index contributed by atoms with van der Waals surface area (Å²) >= 11 is 3.50. The molecule has 0 spiro atoms. The molecule has 0 saturated carbocycles. The molecule has 0 amide bonds. The Kier molecular flexibility index (Phi) is 6.76. The molecule has 0 aliphatic carbocycles. The zero-order chi connectivity index (χ0) is 27.4. The lowest BCUT2D eigenvalue weighted by molar-refractivity contribution is -0.0926. The van der Waals surface area contributed by atoms with Gasteiger partial charge in [-0.25, -0.2) is 14.3 Å². The zero-order valence-corrected chi connectivity index (χ0v) is 23.4. The monoisotopic (exact) mass is 625 g/mol. The maximum atomic E-state index is 13.4. The van der Waals surface area contributed by atoms with E-state index in [1.165, 1.54) is 6.33 Å². The number of nitrogens with two attached hydrogens (primary N) is 1. The number of fused-ring (bicyclic) bond motifs is 2. The van der Waals surface area contributed by atoms with Gasteiger partial charge in [0.25, 0.3) is 0 Å². The van der Waals surface area contributed by atoms with Gasteiger partial charge in [0.1, 0.15) is 6.10 Å². The van der Waals surface area contributed by atoms with Gasteiger partial charge in [-0.1, -0.05) is 34.1 Å². The Morgan fingerprint density at radius 3 is 2.92 bits per heavy atom. The number of carbonyl (C=O) groups is 1. The van der Waals surface area contributed by atoms with E-state index in [2.05, 4.69) is 30.9 Å². The van der Waals surface area contributed by atoms with E-state index in [4.69, 9.17) is 38.3 Å². The Morgan fingerprint density at radius 1 is 1.31 bits per heavy atom. The first kappa shape index (κ1) is 26.4. The molecule has 2 aromatic heterocycles. The van der Waals surface area contributed by atoms with Crippen LogP contribution in [0.15, 0.2) is 35.1 Å². The summed E-state index contributed by atoms with van der Waals surface area (Å²) in [5, 5.41) is 0. The second-order valence-electron chi connectivity index (χ2n) is 9.23. The molecule has 3 aromatic rings. The summed E-state index contributed by atoms with van der Waals surface area (Å²) in [5.74, 6) is 0.179. The van der Waals surface area contributed by atoms with E-state index >= 15 is 0 Å². The van der Waals surface area contributed by atoms with E-state index in [0.717, 1.165) is 10.0 Å². The van der Waals surface area contributed by atoms with Crippen molar-refractivity contribution in [2.24, 2.45) is 0 Å². The number of phosphoric ester groups is 1. The first-order valence-corrected chi connectivity index (χ1v) is 14.5. The van der Waals surface area contributed by atoms with Crippen molar-refractivity contribution in [2.45, 2.75) is 50.4 Å². The summed E-state index contributed by atoms with van der Waals surface area (Å²) in [4.78, 5) is 25.0. The van der Waals surface area contributed by atoms with E-state index in [-0.39, 0.29) is 25.0 Å². The highest BCUT2D eigenvalue weighted by Crippen LogP contribution is 2.58. The van der Waals surface area contributed by atoms with Crippen molar-refractivity contribution < 1.29 is 41.9 Å². The molecule has 14 nitrogen and oxygen atoms in total. The lowest BCUT2D eigenvalue weighted by Gasteiger charge is -2.30. The second-order valence-corrected chi connectivity index (χ2v) is 11.7. The van der Waals surface area contributed by atoms with Crippen LogP contribution in [0.4, 0.5) is 10.7 Å². The Hall–Kier alpha value is -2.81. The predicted octanol–water partition coefficient (Wildman–Crippen LogP) is 4.06. The molecule has 6 atom stereocenters. The Morgan fingerprint density at radius 2 is 2.13 bits per heavy atom. The molecule has 3 aliphatic rings. The molecule has 0 unspecified atom stereocenters. The van der Waals surface area contributed by atoms with Crippen molar-refractivity contribution >= 4 is 47.0 Å². The summed E-state index contributed by atoms with van der Waals surface area (Å²) in [6.07, 6.45) is -2.17. The molecule has 0 bridgehead atoms. The number of aromatic nitrogens is 4. The van der Waals surface area contributed by atoms with Crippen LogP contribution in [-0.4, -0.2) is 63.3 Å². The molecule has 1 aromatic carbocycles. The minimum absolute atomic E-state index is 0.0313. The molecule has 3 fully saturated rings. The third-order valence-corrected chi connectivity index (χ3v) is 8.90. The number of imidazole rings is 1. The fourth-order valence-corrected chi connectivity index (χ4v) is 6.89. The van der Waals surface area contributed by atoms with Crippen molar-refractivity contribution in [3.05, 3.63) is 40.6 Å². The number of ether oxygens (including phenoxy) is 4. The molecule has 39 heavy (non-hydrogen) atoms. The molecule has 5 heterocycles. The number of rotatable bonds is 7. The van der Waals surface area contributed by atoms with Crippen LogP contribution in [0, 0.1) is 0 Å². The number of nitrogens with zero attached hydrogens (tertiary/aromatic N) is 4. The molecule has 6 rings (SSSR count). The van der Waals surface area contributed by atoms with Crippen molar-refractivity contribution in [1.82, 2.24) is 19.5 Å². The topological polar surface area (TPSA) is 168 Å². The fraction of sp³-hybridized carbons (Fsp3) is 0.478. The number of anilines is 1. The van der Waals surface area contributed by atoms with Crippen LogP contribution in [0.1, 0.15) is 38.2 Å². The average Bonchev–Trinajstić information content (AvgIpc) is 3.52. The van der Waals surface area contributed by atoms with Gasteiger partial charge in [-0.3, -0.25) is 18.1 Å². The molecule has 0 radical (unpaired) electrons. The minimum Gasteiger partial charge on any atom is -0.476 e. The highest BCUT2D eigenvalue weighted by Gasteiger charge is 2.64. The van der Waals surface area contributed by atoms with E-state index < -0.39 is 44.1 Å². The van der Waals surface area contributed by atoms with Gasteiger partial charge in [0.15, 0.2) is 29.1 Å². The second kappa shape index (κ2) is 9.98. The van der Waals surface area contributed by atoms with E-state index in [9.17, 15) is 9.36 Å². The van der Waals surface area contributed by atoms with E-state index in [0.29, 0.717) is 24.2 Å². The molecule has 208 valence electrons. The number of carbonyl (C=O) groups excluding carboxylic acids is 1. The van der Waals surface area contributed by atoms with E-state index in [1.54, 1.807) is 18.4 Å². The lowest BCUT2D eigenvalue weighted by atomic mass is 9.96. The smallest absolute Gasteiger partial charge is 0.476 e. The first-order chi connectivity index (χ1) is 18.7. The van der Waals surface area contributed by atoms with Gasteiger partial charge < -0.3 is 24.7 Å². The van der Waals surface area contributed by atoms with E-state index in [1.807, 2.05) is 24.3 Å². The van der Waals surface area contributed by atoms with Crippen LogP contribution in [0.3, 0.4) is 0 Å². The van der Waals surface area contributed by atoms with Crippen LogP contribution in [-0.2, 0) is 32.3 Å². The highest BCUT2D eigenvalue weighted by atomic mass is 79.9. The van der Waals surface area contributed by atoms with Gasteiger partial charge in [0.2, 0.25) is 11.8 Å². The number of halogens is 1. The number of hydrogen-bond acceptors (Lipinski definition) is 13. The molecule has 16 heteroatoms. The highest BCUT2D eigenvalue weighted by molar-refractivity contribution is 9.10. The SMILES string of the molecule is CCOc1nc(N)nc2c1ncn2[C@@H]1O[C@H](CO[P@@]2(=O)OCC[C@@H](c3ccccc3Br)O2)[C@H]2OC(=O)O[C@]21C. The lowest BCUT2D eigenvalue weighted by Crippen LogP contribution is -2.42. The van der Waals surface area contributed by atoms with Crippen LogP contribution in [0.5, 0.6) is 5.88 Å². The average molecular weight is 626 g/mol. The van der Waals surface area contributed by atoms with Crippen LogP contribution in [0.2, 0.25) is 0 Å². The summed E-state index contributed by atoms with van der Waals surface area (Å²) in [6, 6.07) is 7.48. The van der Waals surface area contributed by atoms with Gasteiger partial charge in [0.05, 0.1) is 32.3 Å². The van der Waals surface area contributed by atoms with Crippen LogP contribution < -0.4 is 10.5 Å².